The number of hydrogen-bond acceptors (Lipinski definition) is 3. The summed E-state index contributed by atoms with van der Waals surface area (Å²) in [5, 5.41) is 9.07. The number of aryl methyl sites for hydroxylation is 2. The molecule has 0 unspecified atom stereocenters. The van der Waals surface area contributed by atoms with Crippen LogP contribution in [0.4, 0.5) is 0 Å². The number of benzene rings is 1. The zero-order valence-corrected chi connectivity index (χ0v) is 14.1. The van der Waals surface area contributed by atoms with Crippen LogP contribution in [0.1, 0.15) is 45.3 Å². The van der Waals surface area contributed by atoms with Gasteiger partial charge in [-0.25, -0.2) is 4.79 Å². The Morgan fingerprint density at radius 1 is 1.29 bits per heavy atom. The summed E-state index contributed by atoms with van der Waals surface area (Å²) in [5.41, 5.74) is 2.61. The summed E-state index contributed by atoms with van der Waals surface area (Å²) in [4.78, 5) is 25.3. The lowest BCUT2D eigenvalue weighted by Gasteiger charge is -2.16. The molecule has 0 saturated heterocycles. The molecule has 2 aromatic rings. The highest BCUT2D eigenvalue weighted by molar-refractivity contribution is 5.89. The van der Waals surface area contributed by atoms with Gasteiger partial charge in [-0.2, -0.15) is 0 Å². The maximum Gasteiger partial charge on any atom is 0.339 e. The minimum absolute atomic E-state index is 0.00565. The summed E-state index contributed by atoms with van der Waals surface area (Å²) in [5.74, 6) is 0.212. The van der Waals surface area contributed by atoms with Gasteiger partial charge in [-0.15, -0.1) is 0 Å². The number of rotatable bonds is 5. The van der Waals surface area contributed by atoms with Crippen molar-refractivity contribution in [1.29, 1.82) is 0 Å². The summed E-state index contributed by atoms with van der Waals surface area (Å²) in [6, 6.07) is 9.65. The van der Waals surface area contributed by atoms with E-state index in [0.717, 1.165) is 6.42 Å². The second-order valence-electron chi connectivity index (χ2n) is 6.49. The minimum Gasteiger partial charge on any atom is -0.478 e. The number of nitrogens with zero attached hydrogens (tertiary/aromatic N) is 1. The van der Waals surface area contributed by atoms with Gasteiger partial charge in [-0.1, -0.05) is 24.3 Å². The SMILES string of the molecule is Cc1ccccc1[C@H]1C[C@H]1C(=O)N(C)Cc1cc(C(=O)O)c(C)o1. The van der Waals surface area contributed by atoms with E-state index in [2.05, 4.69) is 19.1 Å². The van der Waals surface area contributed by atoms with Gasteiger partial charge in [0.2, 0.25) is 5.91 Å². The van der Waals surface area contributed by atoms with E-state index in [4.69, 9.17) is 9.52 Å². The van der Waals surface area contributed by atoms with Gasteiger partial charge in [-0.05, 0) is 43.4 Å². The second kappa shape index (κ2) is 6.15. The van der Waals surface area contributed by atoms with Gasteiger partial charge in [0.1, 0.15) is 17.1 Å². The Hall–Kier alpha value is -2.56. The molecule has 1 aliphatic carbocycles. The lowest BCUT2D eigenvalue weighted by atomic mass is 10.0. The average molecular weight is 327 g/mol. The van der Waals surface area contributed by atoms with Crippen molar-refractivity contribution in [3.8, 4) is 0 Å². The smallest absolute Gasteiger partial charge is 0.339 e. The van der Waals surface area contributed by atoms with E-state index in [1.165, 1.54) is 17.2 Å². The van der Waals surface area contributed by atoms with Crippen LogP contribution in [0, 0.1) is 19.8 Å². The largest absolute Gasteiger partial charge is 0.478 e. The molecule has 5 heteroatoms. The van der Waals surface area contributed by atoms with E-state index in [-0.39, 0.29) is 29.9 Å². The number of hydrogen-bond donors (Lipinski definition) is 1. The molecular weight excluding hydrogens is 306 g/mol. The number of amides is 1. The van der Waals surface area contributed by atoms with Crippen LogP contribution in [0.15, 0.2) is 34.7 Å². The van der Waals surface area contributed by atoms with Gasteiger partial charge >= 0.3 is 5.97 Å². The molecule has 0 radical (unpaired) electrons. The van der Waals surface area contributed by atoms with Gasteiger partial charge in [0, 0.05) is 13.0 Å². The standard InChI is InChI=1S/C19H21NO4/c1-11-6-4-5-7-14(11)16-9-17(16)18(21)20(3)10-13-8-15(19(22)23)12(2)24-13/h4-8,16-17H,9-10H2,1-3H3,(H,22,23)/t16-,17-/m1/s1. The maximum absolute atomic E-state index is 12.6. The number of carbonyl (C=O) groups excluding carboxylic acids is 1. The first-order valence-electron chi connectivity index (χ1n) is 8.01. The Labute approximate surface area is 140 Å². The molecule has 1 aromatic heterocycles. The second-order valence-corrected chi connectivity index (χ2v) is 6.49. The van der Waals surface area contributed by atoms with Crippen LogP contribution < -0.4 is 0 Å². The molecule has 0 spiro atoms. The molecule has 24 heavy (non-hydrogen) atoms. The number of carboxylic acid groups (broad SMARTS) is 1. The fourth-order valence-electron chi connectivity index (χ4n) is 3.24. The predicted octanol–water partition coefficient (Wildman–Crippen LogP) is 3.36. The van der Waals surface area contributed by atoms with Crippen molar-refractivity contribution in [2.24, 2.45) is 5.92 Å². The lowest BCUT2D eigenvalue weighted by Crippen LogP contribution is -2.27. The van der Waals surface area contributed by atoms with Crippen LogP contribution in [0.3, 0.4) is 0 Å². The van der Waals surface area contributed by atoms with Crippen LogP contribution >= 0.6 is 0 Å². The van der Waals surface area contributed by atoms with Crippen LogP contribution in [-0.4, -0.2) is 28.9 Å². The van der Waals surface area contributed by atoms with Gasteiger partial charge < -0.3 is 14.4 Å². The Bertz CT molecular complexity index is 792. The number of aromatic carboxylic acids is 1. The highest BCUT2D eigenvalue weighted by atomic mass is 16.4. The van der Waals surface area contributed by atoms with Crippen LogP contribution in [0.25, 0.3) is 0 Å². The third-order valence-corrected chi connectivity index (χ3v) is 4.66. The zero-order valence-electron chi connectivity index (χ0n) is 14.1. The maximum atomic E-state index is 12.6. The van der Waals surface area contributed by atoms with Crippen molar-refractivity contribution in [2.45, 2.75) is 32.7 Å². The van der Waals surface area contributed by atoms with E-state index in [9.17, 15) is 9.59 Å². The quantitative estimate of drug-likeness (QED) is 0.914. The first-order chi connectivity index (χ1) is 11.4. The fourth-order valence-corrected chi connectivity index (χ4v) is 3.24. The third kappa shape index (κ3) is 3.07. The summed E-state index contributed by atoms with van der Waals surface area (Å²) in [6.45, 7) is 3.96. The van der Waals surface area contributed by atoms with Gasteiger partial charge in [0.05, 0.1) is 6.54 Å². The van der Waals surface area contributed by atoms with Crippen molar-refractivity contribution in [1.82, 2.24) is 4.90 Å². The van der Waals surface area contributed by atoms with Gasteiger partial charge in [0.25, 0.3) is 0 Å². The molecule has 2 atom stereocenters. The van der Waals surface area contributed by atoms with E-state index < -0.39 is 5.97 Å². The van der Waals surface area contributed by atoms with E-state index in [0.29, 0.717) is 11.5 Å². The molecule has 1 saturated carbocycles. The highest BCUT2D eigenvalue weighted by Crippen LogP contribution is 2.49. The molecule has 1 N–H and O–H groups in total. The molecule has 0 bridgehead atoms. The summed E-state index contributed by atoms with van der Waals surface area (Å²) < 4.78 is 5.45. The molecule has 1 aliphatic rings. The number of furan rings is 1. The summed E-state index contributed by atoms with van der Waals surface area (Å²) in [7, 11) is 1.73. The van der Waals surface area contributed by atoms with E-state index in [1.807, 2.05) is 12.1 Å². The molecular formula is C19H21NO4. The van der Waals surface area contributed by atoms with Crippen molar-refractivity contribution in [2.75, 3.05) is 7.05 Å². The lowest BCUT2D eigenvalue weighted by molar-refractivity contribution is -0.132. The summed E-state index contributed by atoms with van der Waals surface area (Å²) in [6.07, 6.45) is 0.867. The Kier molecular flexibility index (Phi) is 4.18. The molecule has 3 rings (SSSR count). The molecule has 0 aliphatic heterocycles. The van der Waals surface area contributed by atoms with E-state index in [1.54, 1.807) is 18.9 Å². The monoisotopic (exact) mass is 327 g/mol. The zero-order chi connectivity index (χ0) is 17.4. The molecule has 1 aromatic carbocycles. The van der Waals surface area contributed by atoms with Crippen LogP contribution in [-0.2, 0) is 11.3 Å². The van der Waals surface area contributed by atoms with Crippen molar-refractivity contribution < 1.29 is 19.1 Å². The first-order valence-corrected chi connectivity index (χ1v) is 8.01. The van der Waals surface area contributed by atoms with Crippen LogP contribution in [0.5, 0.6) is 0 Å². The Morgan fingerprint density at radius 2 is 2.00 bits per heavy atom. The molecule has 5 nitrogen and oxygen atoms in total. The normalized spacial score (nSPS) is 19.1. The summed E-state index contributed by atoms with van der Waals surface area (Å²) >= 11 is 0. The highest BCUT2D eigenvalue weighted by Gasteiger charge is 2.45. The fraction of sp³-hybridized carbons (Fsp3) is 0.368. The average Bonchev–Trinajstić information content (AvgIpc) is 3.23. The van der Waals surface area contributed by atoms with Gasteiger partial charge in [0.15, 0.2) is 0 Å². The minimum atomic E-state index is -1.02. The Balaban J connectivity index is 1.65. The van der Waals surface area contributed by atoms with Crippen molar-refractivity contribution >= 4 is 11.9 Å². The topological polar surface area (TPSA) is 70.8 Å². The van der Waals surface area contributed by atoms with E-state index >= 15 is 0 Å². The Morgan fingerprint density at radius 3 is 2.62 bits per heavy atom. The van der Waals surface area contributed by atoms with Gasteiger partial charge in [-0.3, -0.25) is 4.79 Å². The number of carboxylic acids is 1. The van der Waals surface area contributed by atoms with Crippen molar-refractivity contribution in [3.05, 3.63) is 58.5 Å². The third-order valence-electron chi connectivity index (χ3n) is 4.66. The van der Waals surface area contributed by atoms with Crippen LogP contribution in [0.2, 0.25) is 0 Å². The number of carbonyl (C=O) groups is 2. The molecule has 126 valence electrons. The molecule has 1 amide bonds. The first kappa shape index (κ1) is 16.3. The molecule has 1 fully saturated rings. The van der Waals surface area contributed by atoms with Crippen molar-refractivity contribution in [3.63, 3.8) is 0 Å². The molecule has 1 heterocycles. The predicted molar refractivity (Wildman–Crippen MR) is 88.9 cm³/mol.